The van der Waals surface area contributed by atoms with E-state index in [4.69, 9.17) is 10.00 Å². The van der Waals surface area contributed by atoms with Crippen molar-refractivity contribution in [1.82, 2.24) is 9.97 Å². The number of methoxy groups -OCH3 is 1. The van der Waals surface area contributed by atoms with Crippen LogP contribution in [0.3, 0.4) is 0 Å². The summed E-state index contributed by atoms with van der Waals surface area (Å²) in [6.45, 7) is 1.85. The van der Waals surface area contributed by atoms with Gasteiger partial charge < -0.3 is 15.4 Å². The maximum Gasteiger partial charge on any atom is 0.339 e. The Morgan fingerprint density at radius 1 is 1.07 bits per heavy atom. The van der Waals surface area contributed by atoms with Crippen LogP contribution in [0.1, 0.15) is 21.6 Å². The highest BCUT2D eigenvalue weighted by Crippen LogP contribution is 2.22. The summed E-state index contributed by atoms with van der Waals surface area (Å²) in [5.74, 6) is 0.507. The highest BCUT2D eigenvalue weighted by Gasteiger charge is 2.12. The van der Waals surface area contributed by atoms with Crippen LogP contribution in [-0.4, -0.2) is 23.0 Å². The third-order valence-corrected chi connectivity index (χ3v) is 3.72. The van der Waals surface area contributed by atoms with Crippen molar-refractivity contribution in [3.63, 3.8) is 0 Å². The van der Waals surface area contributed by atoms with E-state index in [0.717, 1.165) is 11.4 Å². The van der Waals surface area contributed by atoms with Gasteiger partial charge in [-0.05, 0) is 43.3 Å². The molecular weight excluding hydrogens is 342 g/mol. The summed E-state index contributed by atoms with van der Waals surface area (Å²) in [4.78, 5) is 20.7. The predicted molar refractivity (Wildman–Crippen MR) is 102 cm³/mol. The lowest BCUT2D eigenvalue weighted by molar-refractivity contribution is 0.0602. The fourth-order valence-corrected chi connectivity index (χ4v) is 2.46. The smallest absolute Gasteiger partial charge is 0.339 e. The van der Waals surface area contributed by atoms with E-state index in [0.29, 0.717) is 28.6 Å². The number of hydrogen-bond donors (Lipinski definition) is 2. The zero-order chi connectivity index (χ0) is 19.2. The maximum absolute atomic E-state index is 11.9. The molecule has 27 heavy (non-hydrogen) atoms. The topological polar surface area (TPSA) is 99.9 Å². The molecule has 0 saturated carbocycles. The normalized spacial score (nSPS) is 9.96. The van der Waals surface area contributed by atoms with Gasteiger partial charge in [-0.2, -0.15) is 10.2 Å². The second kappa shape index (κ2) is 7.97. The number of hydrogen-bond acceptors (Lipinski definition) is 7. The lowest BCUT2D eigenvalue weighted by Gasteiger charge is -2.12. The van der Waals surface area contributed by atoms with Gasteiger partial charge in [0, 0.05) is 17.4 Å². The summed E-state index contributed by atoms with van der Waals surface area (Å²) < 4.78 is 4.81. The molecule has 0 atom stereocenters. The van der Waals surface area contributed by atoms with E-state index in [9.17, 15) is 4.79 Å². The van der Waals surface area contributed by atoms with E-state index in [-0.39, 0.29) is 0 Å². The molecule has 0 saturated heterocycles. The third kappa shape index (κ3) is 4.38. The Morgan fingerprint density at radius 3 is 2.52 bits per heavy atom. The minimum absolute atomic E-state index is 0.401. The van der Waals surface area contributed by atoms with Gasteiger partial charge in [-0.15, -0.1) is 0 Å². The van der Waals surface area contributed by atoms with Crippen LogP contribution in [0.15, 0.2) is 54.6 Å². The number of nitrogens with zero attached hydrogens (tertiary/aromatic N) is 3. The molecule has 3 rings (SSSR count). The standard InChI is InChI=1S/C20H17N5O2/c1-13-11-18(24-17-6-4-3-5-16(17)19(26)27-2)25-20(22-13)23-15-9-7-14(12-21)8-10-15/h3-11H,1-2H3,(H2,22,23,24,25). The quantitative estimate of drug-likeness (QED) is 0.666. The highest BCUT2D eigenvalue weighted by atomic mass is 16.5. The average molecular weight is 359 g/mol. The molecule has 0 aliphatic carbocycles. The summed E-state index contributed by atoms with van der Waals surface area (Å²) >= 11 is 0. The van der Waals surface area contributed by atoms with E-state index in [1.54, 1.807) is 48.5 Å². The Kier molecular flexibility index (Phi) is 5.28. The van der Waals surface area contributed by atoms with Crippen molar-refractivity contribution in [2.24, 2.45) is 0 Å². The zero-order valence-electron chi connectivity index (χ0n) is 14.9. The number of ether oxygens (including phenoxy) is 1. The molecule has 1 heterocycles. The molecule has 0 aliphatic rings. The summed E-state index contributed by atoms with van der Waals surface area (Å²) in [5, 5.41) is 15.1. The van der Waals surface area contributed by atoms with Crippen LogP contribution in [0.2, 0.25) is 0 Å². The number of esters is 1. The first kappa shape index (κ1) is 17.9. The van der Waals surface area contributed by atoms with Gasteiger partial charge in [-0.3, -0.25) is 0 Å². The van der Waals surface area contributed by atoms with Crippen LogP contribution in [0.25, 0.3) is 0 Å². The Morgan fingerprint density at radius 2 is 1.81 bits per heavy atom. The van der Waals surface area contributed by atoms with Crippen molar-refractivity contribution in [2.45, 2.75) is 6.92 Å². The maximum atomic E-state index is 11.9. The average Bonchev–Trinajstić information content (AvgIpc) is 2.68. The number of aryl methyl sites for hydroxylation is 1. The Labute approximate surface area is 156 Å². The van der Waals surface area contributed by atoms with Crippen LogP contribution in [-0.2, 0) is 4.74 Å². The number of carbonyl (C=O) groups excluding carboxylic acids is 1. The molecule has 0 bridgehead atoms. The van der Waals surface area contributed by atoms with E-state index >= 15 is 0 Å². The van der Waals surface area contributed by atoms with Crippen molar-refractivity contribution in [1.29, 1.82) is 5.26 Å². The van der Waals surface area contributed by atoms with Crippen LogP contribution < -0.4 is 10.6 Å². The van der Waals surface area contributed by atoms with Crippen LogP contribution in [0.5, 0.6) is 0 Å². The molecule has 2 aromatic carbocycles. The van der Waals surface area contributed by atoms with Gasteiger partial charge in [-0.25, -0.2) is 9.78 Å². The number of nitrogens with one attached hydrogen (secondary N) is 2. The molecule has 7 nitrogen and oxygen atoms in total. The van der Waals surface area contributed by atoms with Gasteiger partial charge >= 0.3 is 5.97 Å². The molecule has 2 N–H and O–H groups in total. The zero-order valence-corrected chi connectivity index (χ0v) is 14.9. The molecule has 3 aromatic rings. The highest BCUT2D eigenvalue weighted by molar-refractivity contribution is 5.96. The summed E-state index contributed by atoms with van der Waals surface area (Å²) in [7, 11) is 1.34. The van der Waals surface area contributed by atoms with Gasteiger partial charge in [0.1, 0.15) is 5.82 Å². The van der Waals surface area contributed by atoms with Gasteiger partial charge in [0.05, 0.1) is 30.0 Å². The Hall–Kier alpha value is -3.92. The molecule has 0 aliphatic heterocycles. The molecule has 1 aromatic heterocycles. The number of aromatic nitrogens is 2. The van der Waals surface area contributed by atoms with E-state index in [1.165, 1.54) is 7.11 Å². The molecule has 0 radical (unpaired) electrons. The second-order valence-corrected chi connectivity index (χ2v) is 5.69. The number of anilines is 4. The molecule has 0 spiro atoms. The van der Waals surface area contributed by atoms with Crippen molar-refractivity contribution in [3.8, 4) is 6.07 Å². The number of carbonyl (C=O) groups is 1. The lowest BCUT2D eigenvalue weighted by atomic mass is 10.2. The summed E-state index contributed by atoms with van der Waals surface area (Å²) in [6.07, 6.45) is 0. The van der Waals surface area contributed by atoms with Crippen LogP contribution in [0, 0.1) is 18.3 Å². The van der Waals surface area contributed by atoms with Crippen molar-refractivity contribution < 1.29 is 9.53 Å². The first-order chi connectivity index (χ1) is 13.1. The SMILES string of the molecule is COC(=O)c1ccccc1Nc1cc(C)nc(Nc2ccc(C#N)cc2)n1. The monoisotopic (exact) mass is 359 g/mol. The first-order valence-corrected chi connectivity index (χ1v) is 8.16. The van der Waals surface area contributed by atoms with Gasteiger partial charge in [0.2, 0.25) is 5.95 Å². The number of para-hydroxylation sites is 1. The predicted octanol–water partition coefficient (Wildman–Crippen LogP) is 3.93. The lowest BCUT2D eigenvalue weighted by Crippen LogP contribution is -2.07. The molecule has 0 amide bonds. The van der Waals surface area contributed by atoms with Gasteiger partial charge in [-0.1, -0.05) is 12.1 Å². The Bertz CT molecular complexity index is 1010. The minimum Gasteiger partial charge on any atom is -0.465 e. The molecule has 7 heteroatoms. The number of rotatable bonds is 5. The number of nitriles is 1. The molecule has 134 valence electrons. The largest absolute Gasteiger partial charge is 0.465 e. The fourth-order valence-electron chi connectivity index (χ4n) is 2.46. The second-order valence-electron chi connectivity index (χ2n) is 5.69. The van der Waals surface area contributed by atoms with Crippen molar-refractivity contribution in [2.75, 3.05) is 17.7 Å². The van der Waals surface area contributed by atoms with Crippen molar-refractivity contribution >= 4 is 29.1 Å². The minimum atomic E-state index is -0.431. The van der Waals surface area contributed by atoms with Crippen LogP contribution in [0.4, 0.5) is 23.1 Å². The van der Waals surface area contributed by atoms with Crippen LogP contribution >= 0.6 is 0 Å². The fraction of sp³-hybridized carbons (Fsp3) is 0.100. The summed E-state index contributed by atoms with van der Waals surface area (Å²) in [5.41, 5.74) is 3.09. The molecule has 0 fully saturated rings. The van der Waals surface area contributed by atoms with Crippen molar-refractivity contribution in [3.05, 3.63) is 71.4 Å². The van der Waals surface area contributed by atoms with E-state index < -0.39 is 5.97 Å². The number of benzene rings is 2. The van der Waals surface area contributed by atoms with Gasteiger partial charge in [0.25, 0.3) is 0 Å². The Balaban J connectivity index is 1.86. The first-order valence-electron chi connectivity index (χ1n) is 8.16. The van der Waals surface area contributed by atoms with E-state index in [1.807, 2.05) is 13.0 Å². The molecular formula is C20H17N5O2. The van der Waals surface area contributed by atoms with Gasteiger partial charge in [0.15, 0.2) is 0 Å². The third-order valence-electron chi connectivity index (χ3n) is 3.72. The summed E-state index contributed by atoms with van der Waals surface area (Å²) in [6, 6.07) is 17.9. The van der Waals surface area contributed by atoms with E-state index in [2.05, 4.69) is 26.7 Å². The molecule has 0 unspecified atom stereocenters.